The van der Waals surface area contributed by atoms with Gasteiger partial charge in [-0.3, -0.25) is 4.79 Å². The van der Waals surface area contributed by atoms with E-state index >= 15 is 0 Å². The van der Waals surface area contributed by atoms with Crippen LogP contribution in [-0.2, 0) is 11.2 Å². The zero-order valence-corrected chi connectivity index (χ0v) is 10.5. The van der Waals surface area contributed by atoms with Gasteiger partial charge in [0.05, 0.1) is 18.6 Å². The fourth-order valence-electron chi connectivity index (χ4n) is 2.40. The van der Waals surface area contributed by atoms with Crippen molar-refractivity contribution in [1.82, 2.24) is 5.32 Å². The van der Waals surface area contributed by atoms with Crippen LogP contribution in [0.1, 0.15) is 31.2 Å². The van der Waals surface area contributed by atoms with Crippen LogP contribution in [0.3, 0.4) is 0 Å². The molecule has 1 aromatic carbocycles. The van der Waals surface area contributed by atoms with Gasteiger partial charge >= 0.3 is 0 Å². The number of amides is 1. The summed E-state index contributed by atoms with van der Waals surface area (Å²) >= 11 is 0. The molecule has 1 aliphatic carbocycles. The minimum atomic E-state index is -0.984. The summed E-state index contributed by atoms with van der Waals surface area (Å²) in [5, 5.41) is 12.4. The zero-order valence-electron chi connectivity index (χ0n) is 10.5. The highest BCUT2D eigenvalue weighted by molar-refractivity contribution is 5.79. The number of carbonyl (C=O) groups is 1. The summed E-state index contributed by atoms with van der Waals surface area (Å²) < 4.78 is 26.4. The number of rotatable bonds is 3. The fraction of sp³-hybridized carbons (Fsp3) is 0.500. The first kappa shape index (κ1) is 13.9. The molecule has 0 heterocycles. The number of hydrogen-bond donors (Lipinski definition) is 2. The van der Waals surface area contributed by atoms with Crippen LogP contribution in [0.5, 0.6) is 0 Å². The maximum absolute atomic E-state index is 13.4. The molecule has 0 unspecified atom stereocenters. The largest absolute Gasteiger partial charge is 0.391 e. The minimum absolute atomic E-state index is 0.0304. The molecule has 0 aliphatic heterocycles. The minimum Gasteiger partial charge on any atom is -0.391 e. The van der Waals surface area contributed by atoms with Crippen LogP contribution in [0.2, 0.25) is 0 Å². The van der Waals surface area contributed by atoms with E-state index < -0.39 is 23.6 Å². The van der Waals surface area contributed by atoms with E-state index in [0.29, 0.717) is 6.42 Å². The summed E-state index contributed by atoms with van der Waals surface area (Å²) in [4.78, 5) is 11.8. The van der Waals surface area contributed by atoms with Gasteiger partial charge in [0.15, 0.2) is 11.6 Å². The first-order valence-corrected chi connectivity index (χ1v) is 6.48. The third-order valence-corrected chi connectivity index (χ3v) is 3.46. The molecule has 0 aromatic heterocycles. The summed E-state index contributed by atoms with van der Waals surface area (Å²) in [6.07, 6.45) is 2.53. The Balaban J connectivity index is 1.95. The number of halogens is 2. The van der Waals surface area contributed by atoms with E-state index in [4.69, 9.17) is 0 Å². The molecule has 3 nitrogen and oxygen atoms in total. The Labute approximate surface area is 110 Å². The van der Waals surface area contributed by atoms with E-state index in [9.17, 15) is 18.7 Å². The Kier molecular flexibility index (Phi) is 4.47. The highest BCUT2D eigenvalue weighted by atomic mass is 19.2. The number of nitrogens with one attached hydrogen (secondary N) is 1. The number of aliphatic hydroxyl groups is 1. The topological polar surface area (TPSA) is 49.3 Å². The highest BCUT2D eigenvalue weighted by Crippen LogP contribution is 2.18. The number of carbonyl (C=O) groups excluding carboxylic acids is 1. The van der Waals surface area contributed by atoms with Crippen LogP contribution < -0.4 is 5.32 Å². The molecular formula is C14H17F2NO2. The molecule has 1 saturated carbocycles. The maximum atomic E-state index is 13.4. The van der Waals surface area contributed by atoms with Gasteiger partial charge in [0.1, 0.15) is 0 Å². The average Bonchev–Trinajstić information content (AvgIpc) is 2.38. The molecule has 5 heteroatoms. The van der Waals surface area contributed by atoms with Crippen LogP contribution in [0, 0.1) is 11.6 Å². The van der Waals surface area contributed by atoms with Gasteiger partial charge in [0, 0.05) is 5.56 Å². The molecule has 0 spiro atoms. The molecule has 1 aliphatic rings. The quantitative estimate of drug-likeness (QED) is 0.881. The summed E-state index contributed by atoms with van der Waals surface area (Å²) in [5.74, 6) is -2.33. The molecule has 2 rings (SSSR count). The van der Waals surface area contributed by atoms with Crippen LogP contribution in [0.4, 0.5) is 8.78 Å². The lowest BCUT2D eigenvalue weighted by atomic mass is 9.92. The highest BCUT2D eigenvalue weighted by Gasteiger charge is 2.24. The molecule has 2 N–H and O–H groups in total. The molecule has 19 heavy (non-hydrogen) atoms. The Morgan fingerprint density at radius 3 is 2.79 bits per heavy atom. The van der Waals surface area contributed by atoms with Crippen molar-refractivity contribution in [2.75, 3.05) is 0 Å². The summed E-state index contributed by atoms with van der Waals surface area (Å²) in [7, 11) is 0. The average molecular weight is 269 g/mol. The van der Waals surface area contributed by atoms with Crippen LogP contribution in [0.25, 0.3) is 0 Å². The molecule has 0 bridgehead atoms. The van der Waals surface area contributed by atoms with Crippen molar-refractivity contribution in [3.8, 4) is 0 Å². The van der Waals surface area contributed by atoms with Crippen molar-refractivity contribution < 1.29 is 18.7 Å². The van der Waals surface area contributed by atoms with Crippen molar-refractivity contribution in [3.05, 3.63) is 35.4 Å². The third kappa shape index (κ3) is 3.50. The van der Waals surface area contributed by atoms with E-state index in [1.165, 1.54) is 12.1 Å². The normalized spacial score (nSPS) is 23.1. The van der Waals surface area contributed by atoms with Crippen LogP contribution >= 0.6 is 0 Å². The first-order chi connectivity index (χ1) is 9.08. The maximum Gasteiger partial charge on any atom is 0.224 e. The lowest BCUT2D eigenvalue weighted by Crippen LogP contribution is -2.45. The van der Waals surface area contributed by atoms with Crippen molar-refractivity contribution in [2.24, 2.45) is 0 Å². The molecule has 0 radical (unpaired) electrons. The van der Waals surface area contributed by atoms with Gasteiger partial charge in [0.25, 0.3) is 0 Å². The molecule has 0 saturated heterocycles. The Bertz CT molecular complexity index is 465. The predicted octanol–water partition coefficient (Wildman–Crippen LogP) is 1.93. The van der Waals surface area contributed by atoms with Gasteiger partial charge in [-0.2, -0.15) is 0 Å². The number of benzene rings is 1. The lowest BCUT2D eigenvalue weighted by molar-refractivity contribution is -0.122. The Morgan fingerprint density at radius 2 is 2.05 bits per heavy atom. The molecule has 2 atom stereocenters. The van der Waals surface area contributed by atoms with E-state index in [1.54, 1.807) is 0 Å². The van der Waals surface area contributed by atoms with Crippen molar-refractivity contribution in [2.45, 2.75) is 44.2 Å². The lowest BCUT2D eigenvalue weighted by Gasteiger charge is -2.28. The zero-order chi connectivity index (χ0) is 13.8. The number of hydrogen-bond acceptors (Lipinski definition) is 2. The van der Waals surface area contributed by atoms with Crippen LogP contribution in [0.15, 0.2) is 18.2 Å². The number of aliphatic hydroxyl groups excluding tert-OH is 1. The molecule has 104 valence electrons. The van der Waals surface area contributed by atoms with Crippen molar-refractivity contribution in [1.29, 1.82) is 0 Å². The van der Waals surface area contributed by atoms with E-state index in [1.807, 2.05) is 0 Å². The fourth-order valence-corrected chi connectivity index (χ4v) is 2.40. The Morgan fingerprint density at radius 1 is 1.32 bits per heavy atom. The van der Waals surface area contributed by atoms with Crippen molar-refractivity contribution >= 4 is 5.91 Å². The second kappa shape index (κ2) is 6.10. The monoisotopic (exact) mass is 269 g/mol. The van der Waals surface area contributed by atoms with Gasteiger partial charge in [-0.25, -0.2) is 8.78 Å². The molecule has 1 fully saturated rings. The summed E-state index contributed by atoms with van der Waals surface area (Å²) in [5.41, 5.74) is 0.0304. The van der Waals surface area contributed by atoms with Gasteiger partial charge in [0.2, 0.25) is 5.91 Å². The molecule has 1 aromatic rings. The van der Waals surface area contributed by atoms with Crippen LogP contribution in [-0.4, -0.2) is 23.2 Å². The SMILES string of the molecule is O=C(Cc1cccc(F)c1F)N[C@@H]1CCCC[C@H]1O. The smallest absolute Gasteiger partial charge is 0.224 e. The standard InChI is InChI=1S/C14H17F2NO2/c15-10-5-3-4-9(14(10)16)8-13(19)17-11-6-1-2-7-12(11)18/h3-5,11-12,18H,1-2,6-8H2,(H,17,19)/t11-,12-/m1/s1. The second-order valence-electron chi connectivity index (χ2n) is 4.92. The first-order valence-electron chi connectivity index (χ1n) is 6.48. The van der Waals surface area contributed by atoms with Gasteiger partial charge in [-0.1, -0.05) is 25.0 Å². The predicted molar refractivity (Wildman–Crippen MR) is 66.5 cm³/mol. The Hall–Kier alpha value is -1.49. The molecular weight excluding hydrogens is 252 g/mol. The van der Waals surface area contributed by atoms with E-state index in [0.717, 1.165) is 25.3 Å². The summed E-state index contributed by atoms with van der Waals surface area (Å²) in [6, 6.07) is 3.49. The van der Waals surface area contributed by atoms with Gasteiger partial charge < -0.3 is 10.4 Å². The van der Waals surface area contributed by atoms with E-state index in [-0.39, 0.29) is 18.0 Å². The molecule has 1 amide bonds. The second-order valence-corrected chi connectivity index (χ2v) is 4.92. The van der Waals surface area contributed by atoms with Gasteiger partial charge in [-0.05, 0) is 18.9 Å². The third-order valence-electron chi connectivity index (χ3n) is 3.46. The van der Waals surface area contributed by atoms with E-state index in [2.05, 4.69) is 5.32 Å². The summed E-state index contributed by atoms with van der Waals surface area (Å²) in [6.45, 7) is 0. The van der Waals surface area contributed by atoms with Crippen molar-refractivity contribution in [3.63, 3.8) is 0 Å². The van der Waals surface area contributed by atoms with Gasteiger partial charge in [-0.15, -0.1) is 0 Å².